The Morgan fingerprint density at radius 2 is 2.21 bits per heavy atom. The fraction of sp³-hybridized carbons (Fsp3) is 0.154. The van der Waals surface area contributed by atoms with E-state index >= 15 is 0 Å². The standard InChI is InChI=1S/C13H12N4O2/c1-18-10-3-2-9-4-5-14-13(11(9)6-10)15-7-12-16-8-19-17-12/h2-6,8H,7H2,1H3,(H,14,15). The van der Waals surface area contributed by atoms with Crippen LogP contribution in [-0.2, 0) is 6.54 Å². The SMILES string of the molecule is COc1ccc2ccnc(NCc3ncon3)c2c1. The smallest absolute Gasteiger partial charge is 0.213 e. The molecule has 0 atom stereocenters. The topological polar surface area (TPSA) is 73.1 Å². The highest BCUT2D eigenvalue weighted by molar-refractivity contribution is 5.92. The minimum Gasteiger partial charge on any atom is -0.497 e. The van der Waals surface area contributed by atoms with Crippen LogP contribution in [-0.4, -0.2) is 22.2 Å². The number of hydrogen-bond acceptors (Lipinski definition) is 6. The Morgan fingerprint density at radius 1 is 1.26 bits per heavy atom. The van der Waals surface area contributed by atoms with Crippen molar-refractivity contribution in [1.29, 1.82) is 0 Å². The molecule has 0 saturated carbocycles. The van der Waals surface area contributed by atoms with E-state index < -0.39 is 0 Å². The first-order valence-corrected chi connectivity index (χ1v) is 5.79. The van der Waals surface area contributed by atoms with E-state index in [0.717, 1.165) is 22.3 Å². The molecule has 0 saturated heterocycles. The molecular formula is C13H12N4O2. The van der Waals surface area contributed by atoms with Gasteiger partial charge in [0.05, 0.1) is 13.7 Å². The Bertz CT molecular complexity index is 682. The molecule has 1 N–H and O–H groups in total. The number of nitrogens with one attached hydrogen (secondary N) is 1. The van der Waals surface area contributed by atoms with Crippen LogP contribution < -0.4 is 10.1 Å². The molecule has 0 bridgehead atoms. The van der Waals surface area contributed by atoms with Gasteiger partial charge < -0.3 is 14.6 Å². The van der Waals surface area contributed by atoms with Gasteiger partial charge in [-0.25, -0.2) is 4.98 Å². The van der Waals surface area contributed by atoms with Crippen molar-refractivity contribution in [1.82, 2.24) is 15.1 Å². The van der Waals surface area contributed by atoms with Crippen LogP contribution in [0.5, 0.6) is 5.75 Å². The molecule has 0 fully saturated rings. The molecule has 19 heavy (non-hydrogen) atoms. The number of rotatable bonds is 4. The lowest BCUT2D eigenvalue weighted by Gasteiger charge is -2.08. The van der Waals surface area contributed by atoms with Crippen LogP contribution in [0, 0.1) is 0 Å². The van der Waals surface area contributed by atoms with Crippen LogP contribution in [0.25, 0.3) is 10.8 Å². The predicted octanol–water partition coefficient (Wildman–Crippen LogP) is 2.24. The van der Waals surface area contributed by atoms with Crippen molar-refractivity contribution in [3.63, 3.8) is 0 Å². The first-order valence-electron chi connectivity index (χ1n) is 5.79. The molecule has 1 aromatic carbocycles. The lowest BCUT2D eigenvalue weighted by atomic mass is 10.1. The van der Waals surface area contributed by atoms with Gasteiger partial charge in [-0.2, -0.15) is 4.98 Å². The summed E-state index contributed by atoms with van der Waals surface area (Å²) in [7, 11) is 1.64. The minimum absolute atomic E-state index is 0.458. The monoisotopic (exact) mass is 256 g/mol. The van der Waals surface area contributed by atoms with E-state index in [9.17, 15) is 0 Å². The molecule has 3 aromatic rings. The van der Waals surface area contributed by atoms with Gasteiger partial charge in [0.25, 0.3) is 0 Å². The Labute approximate surface area is 109 Å². The number of methoxy groups -OCH3 is 1. The average molecular weight is 256 g/mol. The normalized spacial score (nSPS) is 10.6. The van der Waals surface area contributed by atoms with E-state index in [0.29, 0.717) is 12.4 Å². The first-order chi connectivity index (χ1) is 9.36. The zero-order valence-corrected chi connectivity index (χ0v) is 10.3. The largest absolute Gasteiger partial charge is 0.497 e. The molecule has 2 heterocycles. The number of fused-ring (bicyclic) bond motifs is 1. The van der Waals surface area contributed by atoms with Gasteiger partial charge in [-0.15, -0.1) is 0 Å². The molecule has 0 aliphatic heterocycles. The Hall–Kier alpha value is -2.63. The van der Waals surface area contributed by atoms with Gasteiger partial charge in [0.1, 0.15) is 11.6 Å². The number of benzene rings is 1. The average Bonchev–Trinajstić information content (AvgIpc) is 2.97. The maximum atomic E-state index is 5.23. The third-order valence-corrected chi connectivity index (χ3v) is 2.79. The van der Waals surface area contributed by atoms with E-state index in [-0.39, 0.29) is 0 Å². The highest BCUT2D eigenvalue weighted by atomic mass is 16.5. The van der Waals surface area contributed by atoms with E-state index in [1.165, 1.54) is 6.39 Å². The van der Waals surface area contributed by atoms with Crippen molar-refractivity contribution < 1.29 is 9.26 Å². The van der Waals surface area contributed by atoms with Gasteiger partial charge in [0.15, 0.2) is 5.82 Å². The highest BCUT2D eigenvalue weighted by Crippen LogP contribution is 2.25. The zero-order valence-electron chi connectivity index (χ0n) is 10.3. The summed E-state index contributed by atoms with van der Waals surface area (Å²) in [5, 5.41) is 9.01. The second kappa shape index (κ2) is 4.93. The van der Waals surface area contributed by atoms with Crippen molar-refractivity contribution in [2.24, 2.45) is 0 Å². The number of hydrogen-bond donors (Lipinski definition) is 1. The molecule has 6 nitrogen and oxygen atoms in total. The molecule has 0 radical (unpaired) electrons. The number of nitrogens with zero attached hydrogens (tertiary/aromatic N) is 3. The maximum Gasteiger partial charge on any atom is 0.213 e. The summed E-state index contributed by atoms with van der Waals surface area (Å²) in [6.07, 6.45) is 3.06. The number of ether oxygens (including phenoxy) is 1. The second-order valence-corrected chi connectivity index (χ2v) is 3.95. The third kappa shape index (κ3) is 2.33. The van der Waals surface area contributed by atoms with E-state index in [1.54, 1.807) is 13.3 Å². The molecule has 0 aliphatic rings. The Kier molecular flexibility index (Phi) is 2.97. The van der Waals surface area contributed by atoms with Gasteiger partial charge in [-0.3, -0.25) is 0 Å². The summed E-state index contributed by atoms with van der Waals surface area (Å²) in [6.45, 7) is 0.458. The fourth-order valence-electron chi connectivity index (χ4n) is 1.85. The molecule has 0 aliphatic carbocycles. The number of aromatic nitrogens is 3. The quantitative estimate of drug-likeness (QED) is 0.771. The van der Waals surface area contributed by atoms with E-state index in [2.05, 4.69) is 25.0 Å². The number of pyridine rings is 1. The molecule has 0 amide bonds. The van der Waals surface area contributed by atoms with Gasteiger partial charge in [-0.05, 0) is 23.6 Å². The van der Waals surface area contributed by atoms with Crippen LogP contribution in [0.15, 0.2) is 41.4 Å². The summed E-state index contributed by atoms with van der Waals surface area (Å²) >= 11 is 0. The molecule has 0 unspecified atom stereocenters. The summed E-state index contributed by atoms with van der Waals surface area (Å²) in [6, 6.07) is 7.82. The lowest BCUT2D eigenvalue weighted by molar-refractivity contribution is 0.411. The summed E-state index contributed by atoms with van der Waals surface area (Å²) < 4.78 is 9.92. The van der Waals surface area contributed by atoms with Gasteiger partial charge in [-0.1, -0.05) is 11.2 Å². The van der Waals surface area contributed by atoms with Crippen molar-refractivity contribution in [2.45, 2.75) is 6.54 Å². The third-order valence-electron chi connectivity index (χ3n) is 2.79. The summed E-state index contributed by atoms with van der Waals surface area (Å²) in [5.41, 5.74) is 0. The molecular weight excluding hydrogens is 244 g/mol. The van der Waals surface area contributed by atoms with Gasteiger partial charge in [0, 0.05) is 11.6 Å². The lowest BCUT2D eigenvalue weighted by Crippen LogP contribution is -2.03. The number of anilines is 1. The predicted molar refractivity (Wildman–Crippen MR) is 69.9 cm³/mol. The Morgan fingerprint density at radius 3 is 3.00 bits per heavy atom. The van der Waals surface area contributed by atoms with Crippen molar-refractivity contribution in [2.75, 3.05) is 12.4 Å². The van der Waals surface area contributed by atoms with E-state index in [1.807, 2.05) is 24.3 Å². The molecule has 2 aromatic heterocycles. The molecule has 6 heteroatoms. The highest BCUT2D eigenvalue weighted by Gasteiger charge is 2.05. The van der Waals surface area contributed by atoms with Crippen LogP contribution >= 0.6 is 0 Å². The second-order valence-electron chi connectivity index (χ2n) is 3.95. The van der Waals surface area contributed by atoms with Crippen LogP contribution in [0.1, 0.15) is 5.82 Å². The molecule has 3 rings (SSSR count). The molecule has 0 spiro atoms. The Balaban J connectivity index is 1.93. The maximum absolute atomic E-state index is 5.23. The van der Waals surface area contributed by atoms with Crippen molar-refractivity contribution >= 4 is 16.6 Å². The van der Waals surface area contributed by atoms with Gasteiger partial charge >= 0.3 is 0 Å². The zero-order chi connectivity index (χ0) is 13.1. The fourth-order valence-corrected chi connectivity index (χ4v) is 1.85. The first kappa shape index (κ1) is 11.5. The van der Waals surface area contributed by atoms with Crippen LogP contribution in [0.4, 0.5) is 5.82 Å². The minimum atomic E-state index is 0.458. The van der Waals surface area contributed by atoms with E-state index in [4.69, 9.17) is 4.74 Å². The van der Waals surface area contributed by atoms with Crippen molar-refractivity contribution in [3.8, 4) is 5.75 Å². The van der Waals surface area contributed by atoms with Gasteiger partial charge in [0.2, 0.25) is 6.39 Å². The molecule has 96 valence electrons. The summed E-state index contributed by atoms with van der Waals surface area (Å²) in [4.78, 5) is 8.28. The van der Waals surface area contributed by atoms with Crippen LogP contribution in [0.2, 0.25) is 0 Å². The summed E-state index contributed by atoms with van der Waals surface area (Å²) in [5.74, 6) is 2.14. The van der Waals surface area contributed by atoms with Crippen molar-refractivity contribution in [3.05, 3.63) is 42.7 Å². The van der Waals surface area contributed by atoms with Crippen LogP contribution in [0.3, 0.4) is 0 Å².